The molecular weight excluding hydrogens is 841 g/mol. The second kappa shape index (κ2) is 24.1. The molecule has 0 radical (unpaired) electrons. The molecule has 0 unspecified atom stereocenters. The standard InChI is InChI=1S/C41H58N10O13/c1-5-21(2)34(49-38(59)29(20-52)44-19-25-9-6-7-10-26(25)42)40(61)45-22(3)36(57)46-23(4)41(62)50-16-8-11-30(50)39(60)48-28(17-24-12-14-32(53)31(18-24)51(63)64)37(58)47-27(35(43)56)13-15-33(54)55/h6-7,9-10,12,14,18,21-23,27-30,34,44,52-53H,5,8,11,13,15-17,19-20,42H2,1-4H3,(H2,43,56)(H,45,61)(H,46,57)(H,47,58)(H,48,60)(H,49,59)(H,54,55)/t21-,22-,23-,27-,28-,29-,30-,34-/m0/s1. The maximum atomic E-state index is 13.8. The number of phenolic OH excluding ortho intramolecular Hbond substituents is 1. The van der Waals surface area contributed by atoms with Crippen molar-refractivity contribution in [2.24, 2.45) is 11.7 Å². The van der Waals surface area contributed by atoms with Crippen LogP contribution in [0.25, 0.3) is 0 Å². The van der Waals surface area contributed by atoms with Crippen LogP contribution < -0.4 is 43.4 Å². The average Bonchev–Trinajstić information content (AvgIpc) is 3.74. The molecule has 0 saturated carbocycles. The molecule has 0 spiro atoms. The third-order valence-electron chi connectivity index (χ3n) is 10.8. The Morgan fingerprint density at radius 3 is 2.14 bits per heavy atom. The van der Waals surface area contributed by atoms with Gasteiger partial charge in [0.2, 0.25) is 41.4 Å². The molecule has 1 aliphatic rings. The Morgan fingerprint density at radius 2 is 1.53 bits per heavy atom. The van der Waals surface area contributed by atoms with Crippen molar-refractivity contribution in [2.75, 3.05) is 18.9 Å². The van der Waals surface area contributed by atoms with Crippen molar-refractivity contribution in [3.05, 3.63) is 63.7 Å². The van der Waals surface area contributed by atoms with Gasteiger partial charge >= 0.3 is 11.7 Å². The number of nitrogen functional groups attached to an aromatic ring is 1. The number of anilines is 1. The Labute approximate surface area is 368 Å². The molecule has 64 heavy (non-hydrogen) atoms. The van der Waals surface area contributed by atoms with E-state index in [-0.39, 0.29) is 31.5 Å². The molecule has 1 saturated heterocycles. The minimum atomic E-state index is -1.55. The average molecular weight is 899 g/mol. The van der Waals surface area contributed by atoms with Crippen LogP contribution in [0, 0.1) is 16.0 Å². The number of primary amides is 1. The summed E-state index contributed by atoms with van der Waals surface area (Å²) in [4.78, 5) is 116. The number of hydrogen-bond acceptors (Lipinski definition) is 14. The highest BCUT2D eigenvalue weighted by atomic mass is 16.6. The Bertz CT molecular complexity index is 2050. The van der Waals surface area contributed by atoms with Gasteiger partial charge in [0.1, 0.15) is 42.3 Å². The molecule has 1 fully saturated rings. The zero-order valence-electron chi connectivity index (χ0n) is 36.0. The van der Waals surface area contributed by atoms with Crippen LogP contribution in [0.5, 0.6) is 5.75 Å². The number of carbonyl (C=O) groups excluding carboxylic acids is 7. The molecule has 1 aliphatic heterocycles. The van der Waals surface area contributed by atoms with Crippen LogP contribution in [0.2, 0.25) is 0 Å². The van der Waals surface area contributed by atoms with E-state index < -0.39 is 131 Å². The van der Waals surface area contributed by atoms with E-state index in [0.717, 1.165) is 12.1 Å². The van der Waals surface area contributed by atoms with Gasteiger partial charge in [-0.2, -0.15) is 0 Å². The Balaban J connectivity index is 1.70. The van der Waals surface area contributed by atoms with Gasteiger partial charge in [-0.05, 0) is 62.3 Å². The van der Waals surface area contributed by atoms with Crippen molar-refractivity contribution >= 4 is 58.7 Å². The maximum absolute atomic E-state index is 13.8. The summed E-state index contributed by atoms with van der Waals surface area (Å²) in [6.45, 7) is 5.90. The largest absolute Gasteiger partial charge is 0.502 e. The zero-order chi connectivity index (χ0) is 47.8. The molecule has 8 atom stereocenters. The van der Waals surface area contributed by atoms with Crippen molar-refractivity contribution in [1.82, 2.24) is 36.8 Å². The number of nitrogens with zero attached hydrogens (tertiary/aromatic N) is 2. The Morgan fingerprint density at radius 1 is 0.875 bits per heavy atom. The molecule has 23 heteroatoms. The number of phenols is 1. The molecule has 7 amide bonds. The number of carbonyl (C=O) groups is 8. The fourth-order valence-electron chi connectivity index (χ4n) is 6.83. The topological polar surface area (TPSA) is 368 Å². The summed E-state index contributed by atoms with van der Waals surface area (Å²) in [5.74, 6) is -8.07. The molecule has 13 N–H and O–H groups in total. The second-order valence-corrected chi connectivity index (χ2v) is 15.6. The van der Waals surface area contributed by atoms with Crippen LogP contribution in [0.1, 0.15) is 70.9 Å². The first kappa shape index (κ1) is 51.5. The fraction of sp³-hybridized carbons (Fsp3) is 0.512. The number of nitro benzene ring substituents is 1. The highest BCUT2D eigenvalue weighted by molar-refractivity contribution is 5.97. The van der Waals surface area contributed by atoms with Gasteiger partial charge in [0.05, 0.1) is 11.5 Å². The van der Waals surface area contributed by atoms with E-state index in [1.54, 1.807) is 38.1 Å². The number of aliphatic hydroxyl groups is 1. The van der Waals surface area contributed by atoms with E-state index in [0.29, 0.717) is 24.1 Å². The van der Waals surface area contributed by atoms with Crippen LogP contribution >= 0.6 is 0 Å². The van der Waals surface area contributed by atoms with E-state index in [9.17, 15) is 58.7 Å². The zero-order valence-corrected chi connectivity index (χ0v) is 36.0. The number of aliphatic hydroxyl groups excluding tert-OH is 1. The normalized spacial score (nSPS) is 16.7. The number of carboxylic acids is 1. The van der Waals surface area contributed by atoms with E-state index in [4.69, 9.17) is 16.6 Å². The number of aromatic hydroxyl groups is 1. The second-order valence-electron chi connectivity index (χ2n) is 15.6. The first-order valence-electron chi connectivity index (χ1n) is 20.7. The Kier molecular flexibility index (Phi) is 19.4. The highest BCUT2D eigenvalue weighted by Gasteiger charge is 2.39. The predicted molar refractivity (Wildman–Crippen MR) is 228 cm³/mol. The number of rotatable bonds is 24. The van der Waals surface area contributed by atoms with E-state index in [1.807, 2.05) is 0 Å². The highest BCUT2D eigenvalue weighted by Crippen LogP contribution is 2.27. The first-order chi connectivity index (χ1) is 30.2. The number of nitro groups is 1. The van der Waals surface area contributed by atoms with E-state index >= 15 is 0 Å². The van der Waals surface area contributed by atoms with Gasteiger partial charge in [-0.15, -0.1) is 0 Å². The van der Waals surface area contributed by atoms with Gasteiger partial charge in [0.15, 0.2) is 5.75 Å². The minimum absolute atomic E-state index is 0.0715. The van der Waals surface area contributed by atoms with Crippen LogP contribution in [0.15, 0.2) is 42.5 Å². The summed E-state index contributed by atoms with van der Waals surface area (Å²) in [6, 6.07) is 1.37. The number of amides is 7. The number of aliphatic carboxylic acids is 1. The number of nitrogens with one attached hydrogen (secondary N) is 6. The number of likely N-dealkylation sites (tertiary alicyclic amines) is 1. The van der Waals surface area contributed by atoms with Gasteiger partial charge in [-0.25, -0.2) is 0 Å². The van der Waals surface area contributed by atoms with Crippen LogP contribution in [-0.4, -0.2) is 128 Å². The van der Waals surface area contributed by atoms with Crippen LogP contribution in [-0.2, 0) is 51.3 Å². The molecule has 1 heterocycles. The quantitative estimate of drug-likeness (QED) is 0.0322. The Hall–Kier alpha value is -6.88. The van der Waals surface area contributed by atoms with Crippen molar-refractivity contribution in [3.63, 3.8) is 0 Å². The SMILES string of the molecule is CC[C@H](C)[C@H](NC(=O)[C@H](CO)NCc1ccccc1N)C(=O)N[C@@H](C)C(=O)N[C@@H](C)C(=O)N1CCC[C@H]1C(=O)N[C@@H](Cc1ccc(O)c([N+](=O)[O-])c1)C(=O)N[C@@H](CCC(=O)O)C(N)=O. The molecule has 3 rings (SSSR count). The van der Waals surface area contributed by atoms with Gasteiger partial charge in [0, 0.05) is 37.7 Å². The number of nitrogens with two attached hydrogens (primary N) is 2. The van der Waals surface area contributed by atoms with E-state index in [2.05, 4.69) is 31.9 Å². The molecular formula is C41H58N10O13. The lowest BCUT2D eigenvalue weighted by Gasteiger charge is -2.30. The number of benzene rings is 2. The van der Waals surface area contributed by atoms with Crippen LogP contribution in [0.4, 0.5) is 11.4 Å². The minimum Gasteiger partial charge on any atom is -0.502 e. The molecule has 350 valence electrons. The number of hydrogen-bond donors (Lipinski definition) is 11. The molecule has 2 aromatic carbocycles. The smallest absolute Gasteiger partial charge is 0.310 e. The third-order valence-corrected chi connectivity index (χ3v) is 10.8. The summed E-state index contributed by atoms with van der Waals surface area (Å²) < 4.78 is 0. The summed E-state index contributed by atoms with van der Waals surface area (Å²) in [5.41, 5.74) is 12.0. The van der Waals surface area contributed by atoms with Crippen LogP contribution in [0.3, 0.4) is 0 Å². The third kappa shape index (κ3) is 14.6. The monoisotopic (exact) mass is 898 g/mol. The number of carboxylic acid groups (broad SMARTS) is 1. The summed E-state index contributed by atoms with van der Waals surface area (Å²) in [6.07, 6.45) is -0.416. The maximum Gasteiger partial charge on any atom is 0.310 e. The van der Waals surface area contributed by atoms with Crippen molar-refractivity contribution < 1.29 is 58.6 Å². The fourth-order valence-corrected chi connectivity index (χ4v) is 6.83. The van der Waals surface area contributed by atoms with Crippen molar-refractivity contribution in [1.29, 1.82) is 0 Å². The molecule has 23 nitrogen and oxygen atoms in total. The summed E-state index contributed by atoms with van der Waals surface area (Å²) in [7, 11) is 0. The molecule has 0 aromatic heterocycles. The summed E-state index contributed by atoms with van der Waals surface area (Å²) in [5, 5.41) is 55.9. The van der Waals surface area contributed by atoms with Gasteiger partial charge < -0.3 is 58.3 Å². The lowest BCUT2D eigenvalue weighted by atomic mass is 9.97. The van der Waals surface area contributed by atoms with Crippen molar-refractivity contribution in [2.45, 2.75) is 115 Å². The van der Waals surface area contributed by atoms with Gasteiger partial charge in [-0.1, -0.05) is 44.5 Å². The summed E-state index contributed by atoms with van der Waals surface area (Å²) >= 11 is 0. The van der Waals surface area contributed by atoms with E-state index in [1.165, 1.54) is 24.8 Å². The predicted octanol–water partition coefficient (Wildman–Crippen LogP) is -1.57. The molecule has 0 aliphatic carbocycles. The van der Waals surface area contributed by atoms with Gasteiger partial charge in [-0.3, -0.25) is 53.8 Å². The lowest BCUT2D eigenvalue weighted by Crippen LogP contribution is -2.60. The molecule has 0 bridgehead atoms. The number of para-hydroxylation sites is 1. The first-order valence-corrected chi connectivity index (χ1v) is 20.7. The van der Waals surface area contributed by atoms with Gasteiger partial charge in [0.25, 0.3) is 0 Å². The lowest BCUT2D eigenvalue weighted by molar-refractivity contribution is -0.385. The molecule has 2 aromatic rings. The van der Waals surface area contributed by atoms with Crippen molar-refractivity contribution in [3.8, 4) is 5.75 Å².